The van der Waals surface area contributed by atoms with E-state index in [4.69, 9.17) is 27.9 Å². The molecule has 0 atom stereocenters. The molecule has 0 aliphatic heterocycles. The van der Waals surface area contributed by atoms with Crippen molar-refractivity contribution in [1.29, 1.82) is 0 Å². The first-order valence-corrected chi connectivity index (χ1v) is 9.21. The molecule has 8 heteroatoms. The highest BCUT2D eigenvalue weighted by molar-refractivity contribution is 9.10. The van der Waals surface area contributed by atoms with Crippen LogP contribution in [0.25, 0.3) is 0 Å². The molecule has 0 fully saturated rings. The molecule has 26 heavy (non-hydrogen) atoms. The Hall–Kier alpha value is -0.200. The van der Waals surface area contributed by atoms with Gasteiger partial charge in [0.2, 0.25) is 0 Å². The summed E-state index contributed by atoms with van der Waals surface area (Å²) in [6, 6.07) is 11.4. The van der Waals surface area contributed by atoms with E-state index >= 15 is 0 Å². The quantitative estimate of drug-likeness (QED) is 0.458. The molecular weight excluding hydrogens is 482 g/mol. The predicted molar refractivity (Wildman–Crippen MR) is 120 cm³/mol. The molecule has 0 aliphatic carbocycles. The van der Waals surface area contributed by atoms with E-state index in [-0.39, 0.29) is 24.8 Å². The van der Waals surface area contributed by atoms with Gasteiger partial charge in [-0.15, -0.1) is 24.8 Å². The molecule has 2 rings (SSSR count). The van der Waals surface area contributed by atoms with Gasteiger partial charge in [0.05, 0.1) is 0 Å². The van der Waals surface area contributed by atoms with Gasteiger partial charge in [0.25, 0.3) is 0 Å². The summed E-state index contributed by atoms with van der Waals surface area (Å²) in [5, 5.41) is 4.67. The largest absolute Gasteiger partial charge is 0.489 e. The third-order valence-electron chi connectivity index (χ3n) is 3.47. The predicted octanol–water partition coefficient (Wildman–Crippen LogP) is 5.83. The molecule has 0 bridgehead atoms. The molecule has 0 spiro atoms. The summed E-state index contributed by atoms with van der Waals surface area (Å²) in [7, 11) is 4.12. The second kappa shape index (κ2) is 13.1. The van der Waals surface area contributed by atoms with Crippen LogP contribution < -0.4 is 10.1 Å². The molecule has 1 N–H and O–H groups in total. The van der Waals surface area contributed by atoms with Crippen molar-refractivity contribution in [3.8, 4) is 5.75 Å². The van der Waals surface area contributed by atoms with Crippen LogP contribution in [0.15, 0.2) is 40.9 Å². The van der Waals surface area contributed by atoms with Crippen molar-refractivity contribution in [2.75, 3.05) is 27.2 Å². The second-order valence-electron chi connectivity index (χ2n) is 5.76. The first-order valence-electron chi connectivity index (χ1n) is 7.66. The van der Waals surface area contributed by atoms with Crippen LogP contribution in [0.5, 0.6) is 5.75 Å². The maximum atomic E-state index is 6.20. The van der Waals surface area contributed by atoms with Crippen LogP contribution in [-0.4, -0.2) is 32.1 Å². The van der Waals surface area contributed by atoms with Crippen LogP contribution >= 0.6 is 63.9 Å². The number of hydrogen-bond acceptors (Lipinski definition) is 3. The van der Waals surface area contributed by atoms with Gasteiger partial charge < -0.3 is 15.0 Å². The van der Waals surface area contributed by atoms with Gasteiger partial charge in [-0.2, -0.15) is 0 Å². The zero-order valence-corrected chi connectivity index (χ0v) is 19.3. The average molecular weight is 505 g/mol. The zero-order chi connectivity index (χ0) is 17.5. The summed E-state index contributed by atoms with van der Waals surface area (Å²) in [5.41, 5.74) is 2.02. The molecule has 0 saturated heterocycles. The number of ether oxygens (including phenoxy) is 1. The fourth-order valence-corrected chi connectivity index (χ4v) is 3.02. The molecule has 0 saturated carbocycles. The topological polar surface area (TPSA) is 24.5 Å². The highest BCUT2D eigenvalue weighted by Gasteiger charge is 2.07. The molecular formula is C18H23BrCl4N2O. The Bertz CT molecular complexity index is 686. The van der Waals surface area contributed by atoms with Crippen molar-refractivity contribution in [2.24, 2.45) is 0 Å². The standard InChI is InChI=1S/C18H21BrCl2N2O.2ClH/c1-23(2)8-7-22-11-14-9-15(19)4-6-18(14)24-12-13-3-5-16(20)10-17(13)21;;/h3-6,9-10,22H,7-8,11-12H2,1-2H3;2*1H. The van der Waals surface area contributed by atoms with E-state index in [9.17, 15) is 0 Å². The number of rotatable bonds is 8. The van der Waals surface area contributed by atoms with Gasteiger partial charge in [-0.05, 0) is 44.4 Å². The van der Waals surface area contributed by atoms with Gasteiger partial charge in [-0.3, -0.25) is 0 Å². The van der Waals surface area contributed by atoms with Crippen molar-refractivity contribution in [2.45, 2.75) is 13.2 Å². The van der Waals surface area contributed by atoms with Crippen LogP contribution in [0.4, 0.5) is 0 Å². The molecule has 2 aromatic rings. The van der Waals surface area contributed by atoms with E-state index in [1.165, 1.54) is 0 Å². The van der Waals surface area contributed by atoms with E-state index in [2.05, 4.69) is 46.3 Å². The molecule has 0 aliphatic rings. The second-order valence-corrected chi connectivity index (χ2v) is 7.52. The van der Waals surface area contributed by atoms with Gasteiger partial charge in [0.15, 0.2) is 0 Å². The van der Waals surface area contributed by atoms with Crippen molar-refractivity contribution in [3.63, 3.8) is 0 Å². The van der Waals surface area contributed by atoms with Gasteiger partial charge in [0, 0.05) is 45.3 Å². The molecule has 146 valence electrons. The van der Waals surface area contributed by atoms with Crippen molar-refractivity contribution >= 4 is 63.9 Å². The van der Waals surface area contributed by atoms with Crippen LogP contribution in [0, 0.1) is 0 Å². The lowest BCUT2D eigenvalue weighted by atomic mass is 10.2. The SMILES string of the molecule is CN(C)CCNCc1cc(Br)ccc1OCc1ccc(Cl)cc1Cl.Cl.Cl. The van der Waals surface area contributed by atoms with Gasteiger partial charge >= 0.3 is 0 Å². The van der Waals surface area contributed by atoms with E-state index in [1.807, 2.05) is 24.3 Å². The fourth-order valence-electron chi connectivity index (χ4n) is 2.15. The Morgan fingerprint density at radius 3 is 2.42 bits per heavy atom. The molecule has 0 radical (unpaired) electrons. The minimum atomic E-state index is 0. The van der Waals surface area contributed by atoms with E-state index < -0.39 is 0 Å². The Kier molecular flexibility index (Phi) is 13.0. The number of hydrogen-bond donors (Lipinski definition) is 1. The van der Waals surface area contributed by atoms with Gasteiger partial charge in [-0.1, -0.05) is 45.2 Å². The highest BCUT2D eigenvalue weighted by atomic mass is 79.9. The zero-order valence-electron chi connectivity index (χ0n) is 14.6. The van der Waals surface area contributed by atoms with Crippen molar-refractivity contribution < 1.29 is 4.74 Å². The molecule has 0 unspecified atom stereocenters. The number of nitrogens with one attached hydrogen (secondary N) is 1. The Morgan fingerprint density at radius 2 is 1.77 bits per heavy atom. The molecule has 2 aromatic carbocycles. The number of benzene rings is 2. The first kappa shape index (κ1) is 25.8. The highest BCUT2D eigenvalue weighted by Crippen LogP contribution is 2.26. The van der Waals surface area contributed by atoms with Crippen LogP contribution in [0.1, 0.15) is 11.1 Å². The number of likely N-dealkylation sites (N-methyl/N-ethyl adjacent to an activating group) is 1. The first-order chi connectivity index (χ1) is 11.5. The molecule has 0 aromatic heterocycles. The normalized spacial score (nSPS) is 10.2. The molecule has 0 heterocycles. The summed E-state index contributed by atoms with van der Waals surface area (Å²) < 4.78 is 7.01. The lowest BCUT2D eigenvalue weighted by Crippen LogP contribution is -2.26. The number of halogens is 5. The van der Waals surface area contributed by atoms with Crippen LogP contribution in [0.3, 0.4) is 0 Å². The maximum absolute atomic E-state index is 6.20. The Morgan fingerprint density at radius 1 is 1.04 bits per heavy atom. The Labute approximate surface area is 186 Å². The van der Waals surface area contributed by atoms with E-state index in [0.29, 0.717) is 16.7 Å². The summed E-state index contributed by atoms with van der Waals surface area (Å²) in [6.07, 6.45) is 0. The summed E-state index contributed by atoms with van der Waals surface area (Å²) in [5.74, 6) is 0.849. The van der Waals surface area contributed by atoms with E-state index in [1.54, 1.807) is 6.07 Å². The van der Waals surface area contributed by atoms with Crippen LogP contribution in [-0.2, 0) is 13.2 Å². The van der Waals surface area contributed by atoms with Crippen LogP contribution in [0.2, 0.25) is 10.0 Å². The minimum Gasteiger partial charge on any atom is -0.489 e. The lowest BCUT2D eigenvalue weighted by Gasteiger charge is -2.15. The van der Waals surface area contributed by atoms with Gasteiger partial charge in [-0.25, -0.2) is 0 Å². The number of nitrogens with zero attached hydrogens (tertiary/aromatic N) is 1. The smallest absolute Gasteiger partial charge is 0.124 e. The van der Waals surface area contributed by atoms with Crippen molar-refractivity contribution in [3.05, 3.63) is 62.0 Å². The molecule has 3 nitrogen and oxygen atoms in total. The lowest BCUT2D eigenvalue weighted by molar-refractivity contribution is 0.302. The third-order valence-corrected chi connectivity index (χ3v) is 4.55. The fraction of sp³-hybridized carbons (Fsp3) is 0.333. The minimum absolute atomic E-state index is 0. The Balaban J connectivity index is 0.00000312. The summed E-state index contributed by atoms with van der Waals surface area (Å²) >= 11 is 15.6. The average Bonchev–Trinajstić information content (AvgIpc) is 2.52. The monoisotopic (exact) mass is 502 g/mol. The van der Waals surface area contributed by atoms with Crippen molar-refractivity contribution in [1.82, 2.24) is 10.2 Å². The maximum Gasteiger partial charge on any atom is 0.124 e. The summed E-state index contributed by atoms with van der Waals surface area (Å²) in [6.45, 7) is 3.06. The van der Waals surface area contributed by atoms with E-state index in [0.717, 1.165) is 41.0 Å². The molecule has 0 amide bonds. The van der Waals surface area contributed by atoms with Gasteiger partial charge in [0.1, 0.15) is 12.4 Å². The summed E-state index contributed by atoms with van der Waals surface area (Å²) in [4.78, 5) is 2.15. The third kappa shape index (κ3) is 8.66.